The normalized spacial score (nSPS) is 20.2. The Morgan fingerprint density at radius 3 is 3.05 bits per heavy atom. The molecule has 1 aliphatic heterocycles. The van der Waals surface area contributed by atoms with Crippen molar-refractivity contribution >= 4 is 28.2 Å². The summed E-state index contributed by atoms with van der Waals surface area (Å²) in [6.07, 6.45) is 2.15. The quantitative estimate of drug-likeness (QED) is 0.767. The van der Waals surface area contributed by atoms with Crippen LogP contribution in [-0.4, -0.2) is 48.5 Å². The van der Waals surface area contributed by atoms with Crippen molar-refractivity contribution in [3.8, 4) is 0 Å². The Labute approximate surface area is 117 Å². The number of nitrogen functional groups attached to an aromatic ring is 1. The van der Waals surface area contributed by atoms with E-state index in [9.17, 15) is 4.79 Å². The van der Waals surface area contributed by atoms with Crippen LogP contribution in [0, 0.1) is 0 Å². The molecule has 2 heterocycles. The number of anilines is 2. The zero-order chi connectivity index (χ0) is 13.8. The molecule has 7 heteroatoms. The molecule has 0 bridgehead atoms. The SMILES string of the molecule is CCN1CCCC(NC(=O)c2sc(NC)nc2N)C1. The van der Waals surface area contributed by atoms with E-state index in [0.29, 0.717) is 15.8 Å². The molecular weight excluding hydrogens is 262 g/mol. The van der Waals surface area contributed by atoms with E-state index in [1.165, 1.54) is 11.3 Å². The molecule has 1 fully saturated rings. The van der Waals surface area contributed by atoms with Crippen molar-refractivity contribution in [2.24, 2.45) is 0 Å². The standard InChI is InChI=1S/C12H21N5OS/c1-3-17-6-4-5-8(7-17)15-11(18)9-10(13)16-12(14-2)19-9/h8H,3-7,13H2,1-2H3,(H,14,16)(H,15,18). The Morgan fingerprint density at radius 1 is 1.63 bits per heavy atom. The first-order valence-corrected chi connectivity index (χ1v) is 7.43. The second-order valence-electron chi connectivity index (χ2n) is 4.69. The summed E-state index contributed by atoms with van der Waals surface area (Å²) in [4.78, 5) is 19.1. The van der Waals surface area contributed by atoms with Crippen LogP contribution in [0.25, 0.3) is 0 Å². The van der Waals surface area contributed by atoms with Crippen LogP contribution in [0.15, 0.2) is 0 Å². The first kappa shape index (κ1) is 14.1. The van der Waals surface area contributed by atoms with Crippen LogP contribution in [0.5, 0.6) is 0 Å². The van der Waals surface area contributed by atoms with Gasteiger partial charge in [0.05, 0.1) is 0 Å². The van der Waals surface area contributed by atoms with Gasteiger partial charge in [-0.3, -0.25) is 4.79 Å². The highest BCUT2D eigenvalue weighted by Gasteiger charge is 2.23. The molecule has 1 amide bonds. The number of likely N-dealkylation sites (N-methyl/N-ethyl adjacent to an activating group) is 1. The van der Waals surface area contributed by atoms with Crippen molar-refractivity contribution in [2.75, 3.05) is 37.7 Å². The van der Waals surface area contributed by atoms with Crippen molar-refractivity contribution in [3.05, 3.63) is 4.88 Å². The smallest absolute Gasteiger partial charge is 0.265 e. The van der Waals surface area contributed by atoms with E-state index >= 15 is 0 Å². The number of hydrogen-bond donors (Lipinski definition) is 3. The predicted octanol–water partition coefficient (Wildman–Crippen LogP) is 0.981. The number of hydrogen-bond acceptors (Lipinski definition) is 6. The molecule has 1 aliphatic rings. The molecule has 1 unspecified atom stereocenters. The summed E-state index contributed by atoms with van der Waals surface area (Å²) in [7, 11) is 1.76. The van der Waals surface area contributed by atoms with Crippen molar-refractivity contribution in [1.29, 1.82) is 0 Å². The minimum atomic E-state index is -0.112. The Morgan fingerprint density at radius 2 is 2.42 bits per heavy atom. The van der Waals surface area contributed by atoms with Gasteiger partial charge in [-0.15, -0.1) is 0 Å². The van der Waals surface area contributed by atoms with Crippen LogP contribution in [-0.2, 0) is 0 Å². The maximum Gasteiger partial charge on any atom is 0.265 e. The van der Waals surface area contributed by atoms with Gasteiger partial charge < -0.3 is 21.3 Å². The van der Waals surface area contributed by atoms with Gasteiger partial charge in [-0.2, -0.15) is 0 Å². The Bertz CT molecular complexity index is 447. The van der Waals surface area contributed by atoms with Gasteiger partial charge in [0.1, 0.15) is 10.7 Å². The number of carbonyl (C=O) groups excluding carboxylic acids is 1. The van der Waals surface area contributed by atoms with Gasteiger partial charge in [0.15, 0.2) is 5.13 Å². The lowest BCUT2D eigenvalue weighted by Crippen LogP contribution is -2.47. The Kier molecular flexibility index (Phi) is 4.60. The predicted molar refractivity (Wildman–Crippen MR) is 78.7 cm³/mol. The maximum atomic E-state index is 12.2. The summed E-state index contributed by atoms with van der Waals surface area (Å²) in [5.41, 5.74) is 5.76. The molecule has 0 saturated carbocycles. The minimum Gasteiger partial charge on any atom is -0.382 e. The molecule has 1 aromatic heterocycles. The zero-order valence-electron chi connectivity index (χ0n) is 11.4. The van der Waals surface area contributed by atoms with Crippen molar-refractivity contribution in [3.63, 3.8) is 0 Å². The van der Waals surface area contributed by atoms with Crippen LogP contribution < -0.4 is 16.4 Å². The van der Waals surface area contributed by atoms with E-state index in [1.54, 1.807) is 7.05 Å². The average Bonchev–Trinajstić information content (AvgIpc) is 2.80. The average molecular weight is 283 g/mol. The molecule has 6 nitrogen and oxygen atoms in total. The molecule has 19 heavy (non-hydrogen) atoms. The lowest BCUT2D eigenvalue weighted by atomic mass is 10.1. The monoisotopic (exact) mass is 283 g/mol. The van der Waals surface area contributed by atoms with Crippen molar-refractivity contribution < 1.29 is 4.79 Å². The summed E-state index contributed by atoms with van der Waals surface area (Å²) in [6.45, 7) is 5.21. The number of piperidine rings is 1. The first-order valence-electron chi connectivity index (χ1n) is 6.61. The molecule has 0 spiro atoms. The van der Waals surface area contributed by atoms with Gasteiger partial charge in [-0.25, -0.2) is 4.98 Å². The highest BCUT2D eigenvalue weighted by Crippen LogP contribution is 2.24. The molecule has 0 aliphatic carbocycles. The number of nitrogens with zero attached hydrogens (tertiary/aromatic N) is 2. The van der Waals surface area contributed by atoms with Gasteiger partial charge in [-0.05, 0) is 25.9 Å². The number of nitrogens with one attached hydrogen (secondary N) is 2. The Balaban J connectivity index is 1.98. The van der Waals surface area contributed by atoms with Gasteiger partial charge in [0, 0.05) is 19.6 Å². The van der Waals surface area contributed by atoms with Crippen LogP contribution in [0.4, 0.5) is 10.9 Å². The number of nitrogens with two attached hydrogens (primary N) is 1. The maximum absolute atomic E-state index is 12.2. The molecular formula is C12H21N5OS. The van der Waals surface area contributed by atoms with Gasteiger partial charge in [0.2, 0.25) is 0 Å². The van der Waals surface area contributed by atoms with E-state index in [1.807, 2.05) is 0 Å². The summed E-state index contributed by atoms with van der Waals surface area (Å²) >= 11 is 1.29. The van der Waals surface area contributed by atoms with E-state index in [0.717, 1.165) is 32.5 Å². The van der Waals surface area contributed by atoms with Crippen molar-refractivity contribution in [2.45, 2.75) is 25.8 Å². The number of rotatable bonds is 4. The molecule has 4 N–H and O–H groups in total. The minimum absolute atomic E-state index is 0.112. The van der Waals surface area contributed by atoms with Crippen LogP contribution in [0.3, 0.4) is 0 Å². The van der Waals surface area contributed by atoms with E-state index in [4.69, 9.17) is 5.73 Å². The highest BCUT2D eigenvalue weighted by atomic mass is 32.1. The third kappa shape index (κ3) is 3.36. The topological polar surface area (TPSA) is 83.3 Å². The fraction of sp³-hybridized carbons (Fsp3) is 0.667. The summed E-state index contributed by atoms with van der Waals surface area (Å²) in [5.74, 6) is 0.189. The third-order valence-corrected chi connectivity index (χ3v) is 4.45. The van der Waals surface area contributed by atoms with Crippen LogP contribution in [0.2, 0.25) is 0 Å². The fourth-order valence-corrected chi connectivity index (χ4v) is 3.05. The van der Waals surface area contributed by atoms with Gasteiger partial charge in [-0.1, -0.05) is 18.3 Å². The largest absolute Gasteiger partial charge is 0.382 e. The fourth-order valence-electron chi connectivity index (χ4n) is 2.31. The summed E-state index contributed by atoms with van der Waals surface area (Å²) in [6, 6.07) is 0.209. The number of likely N-dealkylation sites (tertiary alicyclic amines) is 1. The molecule has 1 atom stereocenters. The molecule has 2 rings (SSSR count). The number of carbonyl (C=O) groups is 1. The first-order chi connectivity index (χ1) is 9.13. The van der Waals surface area contributed by atoms with E-state index < -0.39 is 0 Å². The Hall–Kier alpha value is -1.34. The molecule has 1 saturated heterocycles. The highest BCUT2D eigenvalue weighted by molar-refractivity contribution is 7.18. The van der Waals surface area contributed by atoms with Gasteiger partial charge in [0.25, 0.3) is 5.91 Å². The molecule has 106 valence electrons. The third-order valence-electron chi connectivity index (χ3n) is 3.36. The van der Waals surface area contributed by atoms with Crippen molar-refractivity contribution in [1.82, 2.24) is 15.2 Å². The number of amides is 1. The van der Waals surface area contributed by atoms with E-state index in [2.05, 4.69) is 27.4 Å². The van der Waals surface area contributed by atoms with Gasteiger partial charge >= 0.3 is 0 Å². The summed E-state index contributed by atoms with van der Waals surface area (Å²) in [5, 5.41) is 6.63. The molecule has 0 radical (unpaired) electrons. The van der Waals surface area contributed by atoms with Crippen LogP contribution in [0.1, 0.15) is 29.4 Å². The van der Waals surface area contributed by atoms with E-state index in [-0.39, 0.29) is 11.9 Å². The second kappa shape index (κ2) is 6.21. The number of aromatic nitrogens is 1. The second-order valence-corrected chi connectivity index (χ2v) is 5.69. The lowest BCUT2D eigenvalue weighted by Gasteiger charge is -2.32. The number of thiazole rings is 1. The van der Waals surface area contributed by atoms with Crippen LogP contribution >= 0.6 is 11.3 Å². The molecule has 0 aromatic carbocycles. The summed E-state index contributed by atoms with van der Waals surface area (Å²) < 4.78 is 0. The molecule has 1 aromatic rings. The lowest BCUT2D eigenvalue weighted by molar-refractivity contribution is 0.0910. The zero-order valence-corrected chi connectivity index (χ0v) is 12.2.